The fourth-order valence-electron chi connectivity index (χ4n) is 2.41. The Morgan fingerprint density at radius 3 is 3.00 bits per heavy atom. The van der Waals surface area contributed by atoms with Crippen LogP contribution in [0.25, 0.3) is 0 Å². The highest BCUT2D eigenvalue weighted by atomic mass is 35.5. The quantitative estimate of drug-likeness (QED) is 0.864. The topological polar surface area (TPSA) is 67.9 Å². The number of rotatable bonds is 4. The fraction of sp³-hybridized carbons (Fsp3) is 0.667. The van der Waals surface area contributed by atoms with E-state index < -0.39 is 0 Å². The van der Waals surface area contributed by atoms with Gasteiger partial charge in [-0.1, -0.05) is 35.1 Å². The zero-order valence-corrected chi connectivity index (χ0v) is 13.0. The van der Waals surface area contributed by atoms with Crippen LogP contribution < -0.4 is 0 Å². The lowest BCUT2D eigenvalue weighted by Crippen LogP contribution is -2.24. The maximum atomic E-state index is 6.07. The fourth-order valence-corrected chi connectivity index (χ4v) is 3.02. The van der Waals surface area contributed by atoms with Crippen molar-refractivity contribution in [3.63, 3.8) is 0 Å². The van der Waals surface area contributed by atoms with Crippen LogP contribution in [0.5, 0.6) is 0 Å². The number of hydrogen-bond acceptors (Lipinski definition) is 7. The van der Waals surface area contributed by atoms with Crippen molar-refractivity contribution in [1.29, 1.82) is 0 Å². The second-order valence-corrected chi connectivity index (χ2v) is 6.62. The van der Waals surface area contributed by atoms with Gasteiger partial charge in [-0.15, -0.1) is 5.10 Å². The van der Waals surface area contributed by atoms with E-state index in [-0.39, 0.29) is 12.0 Å². The van der Waals surface area contributed by atoms with Gasteiger partial charge in [0.1, 0.15) is 10.0 Å². The summed E-state index contributed by atoms with van der Waals surface area (Å²) in [6.45, 7) is 5.77. The van der Waals surface area contributed by atoms with Crippen molar-refractivity contribution in [3.8, 4) is 0 Å². The molecular weight excluding hydrogens is 298 g/mol. The van der Waals surface area contributed by atoms with E-state index in [0.717, 1.165) is 30.9 Å². The third-order valence-electron chi connectivity index (χ3n) is 3.48. The lowest BCUT2D eigenvalue weighted by atomic mass is 10.2. The molecular formula is C12H16ClN5OS. The van der Waals surface area contributed by atoms with Gasteiger partial charge in [0.15, 0.2) is 5.82 Å². The Labute approximate surface area is 126 Å². The first kappa shape index (κ1) is 13.9. The first-order valence-electron chi connectivity index (χ1n) is 6.69. The van der Waals surface area contributed by atoms with E-state index in [1.54, 1.807) is 0 Å². The van der Waals surface area contributed by atoms with Crippen molar-refractivity contribution in [2.24, 2.45) is 0 Å². The van der Waals surface area contributed by atoms with Crippen molar-refractivity contribution >= 4 is 23.1 Å². The molecule has 0 spiro atoms. The Bertz CT molecular complexity index is 584. The Morgan fingerprint density at radius 2 is 2.35 bits per heavy atom. The lowest BCUT2D eigenvalue weighted by molar-refractivity contribution is 0.231. The van der Waals surface area contributed by atoms with Crippen molar-refractivity contribution in [2.45, 2.75) is 45.2 Å². The Kier molecular flexibility index (Phi) is 4.00. The van der Waals surface area contributed by atoms with Crippen molar-refractivity contribution in [2.75, 3.05) is 6.54 Å². The average Bonchev–Trinajstić information content (AvgIpc) is 3.11. The molecule has 0 aromatic carbocycles. The van der Waals surface area contributed by atoms with Crippen molar-refractivity contribution in [1.82, 2.24) is 24.6 Å². The molecule has 2 aromatic rings. The van der Waals surface area contributed by atoms with Gasteiger partial charge in [0.2, 0.25) is 5.89 Å². The molecule has 3 rings (SSSR count). The minimum atomic E-state index is 0.184. The van der Waals surface area contributed by atoms with Crippen molar-refractivity contribution in [3.05, 3.63) is 21.7 Å². The highest BCUT2D eigenvalue weighted by molar-refractivity contribution is 7.10. The first-order valence-corrected chi connectivity index (χ1v) is 7.84. The molecule has 1 aliphatic heterocycles. The van der Waals surface area contributed by atoms with Gasteiger partial charge in [-0.3, -0.25) is 4.90 Å². The van der Waals surface area contributed by atoms with E-state index in [0.29, 0.717) is 16.8 Å². The van der Waals surface area contributed by atoms with E-state index in [2.05, 4.69) is 24.6 Å². The number of nitrogens with zero attached hydrogens (tertiary/aromatic N) is 5. The molecule has 0 N–H and O–H groups in total. The molecule has 1 saturated heterocycles. The van der Waals surface area contributed by atoms with E-state index in [4.69, 9.17) is 16.1 Å². The second-order valence-electron chi connectivity index (χ2n) is 5.27. The van der Waals surface area contributed by atoms with E-state index in [9.17, 15) is 0 Å². The Hall–Kier alpha value is -1.05. The number of hydrogen-bond donors (Lipinski definition) is 0. The van der Waals surface area contributed by atoms with Gasteiger partial charge >= 0.3 is 0 Å². The highest BCUT2D eigenvalue weighted by Crippen LogP contribution is 2.33. The minimum absolute atomic E-state index is 0.184. The van der Waals surface area contributed by atoms with Gasteiger partial charge in [0, 0.05) is 24.0 Å². The lowest BCUT2D eigenvalue weighted by Gasteiger charge is -2.20. The average molecular weight is 314 g/mol. The van der Waals surface area contributed by atoms with Crippen LogP contribution in [0.4, 0.5) is 0 Å². The van der Waals surface area contributed by atoms with Crippen LogP contribution in [-0.4, -0.2) is 31.2 Å². The summed E-state index contributed by atoms with van der Waals surface area (Å²) in [5.74, 6) is 1.72. The van der Waals surface area contributed by atoms with E-state index in [1.807, 2.05) is 13.8 Å². The standard InChI is InChI=1S/C12H16ClN5OS/c1-7(2)12-14-11(16-19-12)9-4-3-5-18(9)6-8-10(13)20-17-15-8/h7,9H,3-6H2,1-2H3/t9-/m0/s1. The maximum absolute atomic E-state index is 6.07. The molecule has 0 aliphatic carbocycles. The molecule has 1 atom stereocenters. The van der Waals surface area contributed by atoms with Gasteiger partial charge in [0.25, 0.3) is 0 Å². The summed E-state index contributed by atoms with van der Waals surface area (Å²) in [5.41, 5.74) is 0.830. The molecule has 1 aliphatic rings. The molecule has 0 unspecified atom stereocenters. The normalized spacial score (nSPS) is 20.1. The molecule has 0 saturated carbocycles. The predicted molar refractivity (Wildman–Crippen MR) is 75.7 cm³/mol. The van der Waals surface area contributed by atoms with Crippen LogP contribution in [0, 0.1) is 0 Å². The summed E-state index contributed by atoms with van der Waals surface area (Å²) in [6, 6.07) is 0.184. The zero-order valence-electron chi connectivity index (χ0n) is 11.4. The summed E-state index contributed by atoms with van der Waals surface area (Å²) in [7, 11) is 0. The highest BCUT2D eigenvalue weighted by Gasteiger charge is 2.31. The third kappa shape index (κ3) is 2.70. The Morgan fingerprint density at radius 1 is 1.50 bits per heavy atom. The number of halogens is 1. The van der Waals surface area contributed by atoms with Gasteiger partial charge < -0.3 is 4.52 Å². The SMILES string of the molecule is CC(C)c1nc([C@@H]2CCCN2Cc2nnsc2Cl)no1. The molecule has 8 heteroatoms. The van der Waals surface area contributed by atoms with Crippen LogP contribution in [0.1, 0.15) is 56.1 Å². The molecule has 0 bridgehead atoms. The first-order chi connectivity index (χ1) is 9.65. The van der Waals surface area contributed by atoms with E-state index >= 15 is 0 Å². The monoisotopic (exact) mass is 313 g/mol. The molecule has 0 amide bonds. The van der Waals surface area contributed by atoms with Gasteiger partial charge in [0.05, 0.1) is 6.04 Å². The maximum Gasteiger partial charge on any atom is 0.229 e. The number of aromatic nitrogens is 4. The minimum Gasteiger partial charge on any atom is -0.339 e. The Balaban J connectivity index is 1.76. The van der Waals surface area contributed by atoms with Crippen LogP contribution in [0.15, 0.2) is 4.52 Å². The summed E-state index contributed by atoms with van der Waals surface area (Å²) >= 11 is 7.30. The number of likely N-dealkylation sites (tertiary alicyclic amines) is 1. The van der Waals surface area contributed by atoms with Gasteiger partial charge in [-0.25, -0.2) is 0 Å². The van der Waals surface area contributed by atoms with Gasteiger partial charge in [-0.2, -0.15) is 4.98 Å². The second kappa shape index (κ2) is 5.75. The van der Waals surface area contributed by atoms with Crippen LogP contribution in [0.3, 0.4) is 0 Å². The largest absolute Gasteiger partial charge is 0.339 e. The smallest absolute Gasteiger partial charge is 0.229 e. The third-order valence-corrected chi connectivity index (χ3v) is 4.46. The van der Waals surface area contributed by atoms with Crippen LogP contribution >= 0.6 is 23.1 Å². The van der Waals surface area contributed by atoms with Crippen molar-refractivity contribution < 1.29 is 4.52 Å². The summed E-state index contributed by atoms with van der Waals surface area (Å²) in [4.78, 5) is 6.80. The molecule has 108 valence electrons. The molecule has 1 fully saturated rings. The predicted octanol–water partition coefficient (Wildman–Crippen LogP) is 3.04. The molecule has 2 aromatic heterocycles. The van der Waals surface area contributed by atoms with Gasteiger partial charge in [-0.05, 0) is 19.4 Å². The summed E-state index contributed by atoms with van der Waals surface area (Å²) in [5, 5.41) is 8.20. The summed E-state index contributed by atoms with van der Waals surface area (Å²) < 4.78 is 9.84. The summed E-state index contributed by atoms with van der Waals surface area (Å²) in [6.07, 6.45) is 2.15. The van der Waals surface area contributed by atoms with Crippen LogP contribution in [0.2, 0.25) is 4.34 Å². The molecule has 6 nitrogen and oxygen atoms in total. The molecule has 3 heterocycles. The molecule has 20 heavy (non-hydrogen) atoms. The van der Waals surface area contributed by atoms with Crippen LogP contribution in [-0.2, 0) is 6.54 Å². The molecule has 0 radical (unpaired) electrons. The zero-order chi connectivity index (χ0) is 14.1. The van der Waals surface area contributed by atoms with E-state index in [1.165, 1.54) is 11.5 Å².